The molecule has 0 amide bonds. The molecule has 1 aromatic rings. The van der Waals surface area contributed by atoms with Gasteiger partial charge in [0.2, 0.25) is 0 Å². The molecule has 108 valence electrons. The van der Waals surface area contributed by atoms with E-state index in [0.29, 0.717) is 23.1 Å². The molecule has 2 N–H and O–H groups in total. The van der Waals surface area contributed by atoms with E-state index < -0.39 is 0 Å². The minimum atomic E-state index is 0.0161. The molecule has 1 aromatic carbocycles. The molecular weight excluding hydrogens is 388 g/mol. The number of hydrogen-bond donors (Lipinski definition) is 2. The van der Waals surface area contributed by atoms with Gasteiger partial charge in [0.1, 0.15) is 5.75 Å². The van der Waals surface area contributed by atoms with Crippen LogP contribution in [0, 0.1) is 0 Å². The maximum atomic E-state index is 10.8. The van der Waals surface area contributed by atoms with E-state index in [1.165, 1.54) is 6.92 Å². The van der Waals surface area contributed by atoms with Crippen LogP contribution in [0.3, 0.4) is 0 Å². The van der Waals surface area contributed by atoms with Crippen LogP contribution >= 0.6 is 31.9 Å². The van der Waals surface area contributed by atoms with Crippen molar-refractivity contribution in [2.75, 3.05) is 13.1 Å². The molecule has 0 aliphatic heterocycles. The fraction of sp³-hybridized carbons (Fsp3) is 0.286. The lowest BCUT2D eigenvalue weighted by Crippen LogP contribution is -2.16. The van der Waals surface area contributed by atoms with Gasteiger partial charge in [-0.3, -0.25) is 9.79 Å². The van der Waals surface area contributed by atoms with Crippen LogP contribution in [0.5, 0.6) is 5.75 Å². The van der Waals surface area contributed by atoms with Crippen LogP contribution in [-0.2, 0) is 4.79 Å². The molecule has 0 heterocycles. The minimum absolute atomic E-state index is 0.0161. The highest BCUT2D eigenvalue weighted by Crippen LogP contribution is 2.30. The first-order valence-corrected chi connectivity index (χ1v) is 7.59. The summed E-state index contributed by atoms with van der Waals surface area (Å²) in [6.45, 7) is 4.52. The maximum absolute atomic E-state index is 10.8. The van der Waals surface area contributed by atoms with Gasteiger partial charge in [-0.1, -0.05) is 15.9 Å². The Morgan fingerprint density at radius 3 is 2.75 bits per heavy atom. The zero-order valence-electron chi connectivity index (χ0n) is 11.3. The first-order chi connectivity index (χ1) is 9.40. The Morgan fingerprint density at radius 1 is 1.40 bits per heavy atom. The van der Waals surface area contributed by atoms with E-state index >= 15 is 0 Å². The first kappa shape index (κ1) is 16.9. The van der Waals surface area contributed by atoms with Crippen molar-refractivity contribution in [1.82, 2.24) is 5.32 Å². The summed E-state index contributed by atoms with van der Waals surface area (Å²) in [6, 6.07) is 3.56. The van der Waals surface area contributed by atoms with Gasteiger partial charge in [0.25, 0.3) is 0 Å². The Kier molecular flexibility index (Phi) is 6.95. The standard InChI is InChI=1S/C14H16Br2N2O2/c1-9(5-10(2)19)18-4-3-17-8-11-6-12(15)7-13(16)14(11)20/h5-8,18,20H,3-4H2,1-2H3/b9-5+,17-8?. The molecule has 0 saturated carbocycles. The molecule has 0 unspecified atom stereocenters. The molecule has 0 aliphatic rings. The highest BCUT2D eigenvalue weighted by molar-refractivity contribution is 9.11. The molecule has 6 heteroatoms. The lowest BCUT2D eigenvalue weighted by molar-refractivity contribution is -0.112. The number of aliphatic imine (C=N–C) groups is 1. The number of ketones is 1. The highest BCUT2D eigenvalue weighted by Gasteiger charge is 2.04. The number of phenols is 1. The number of carbonyl (C=O) groups is 1. The van der Waals surface area contributed by atoms with Gasteiger partial charge in [-0.2, -0.15) is 0 Å². The molecule has 0 atom stereocenters. The van der Waals surface area contributed by atoms with Gasteiger partial charge in [0.15, 0.2) is 5.78 Å². The van der Waals surface area contributed by atoms with Crippen molar-refractivity contribution in [2.45, 2.75) is 13.8 Å². The van der Waals surface area contributed by atoms with Crippen LogP contribution in [0.25, 0.3) is 0 Å². The van der Waals surface area contributed by atoms with Crippen molar-refractivity contribution in [3.8, 4) is 5.75 Å². The van der Waals surface area contributed by atoms with E-state index in [1.807, 2.05) is 6.92 Å². The summed E-state index contributed by atoms with van der Waals surface area (Å²) in [4.78, 5) is 15.1. The number of rotatable bonds is 6. The summed E-state index contributed by atoms with van der Waals surface area (Å²) in [5.41, 5.74) is 1.46. The highest BCUT2D eigenvalue weighted by atomic mass is 79.9. The van der Waals surface area contributed by atoms with Crippen molar-refractivity contribution in [2.24, 2.45) is 4.99 Å². The number of halogens is 2. The SMILES string of the molecule is CC(=O)/C=C(\C)NCCN=Cc1cc(Br)cc(Br)c1O. The third-order valence-corrected chi connectivity index (χ3v) is 3.41. The summed E-state index contributed by atoms with van der Waals surface area (Å²) in [5.74, 6) is 0.181. The quantitative estimate of drug-likeness (QED) is 0.434. The molecule has 0 saturated heterocycles. The molecule has 0 bridgehead atoms. The Labute approximate surface area is 135 Å². The van der Waals surface area contributed by atoms with Crippen molar-refractivity contribution in [3.63, 3.8) is 0 Å². The van der Waals surface area contributed by atoms with Gasteiger partial charge in [0, 0.05) is 28.5 Å². The van der Waals surface area contributed by atoms with Gasteiger partial charge in [-0.15, -0.1) is 0 Å². The van der Waals surface area contributed by atoms with Crippen LogP contribution in [0.15, 0.2) is 37.8 Å². The summed E-state index contributed by atoms with van der Waals surface area (Å²) >= 11 is 6.63. The Morgan fingerprint density at radius 2 is 2.10 bits per heavy atom. The summed E-state index contributed by atoms with van der Waals surface area (Å²) < 4.78 is 1.48. The van der Waals surface area contributed by atoms with Crippen LogP contribution in [-0.4, -0.2) is 30.2 Å². The normalized spacial score (nSPS) is 11.9. The maximum Gasteiger partial charge on any atom is 0.154 e. The molecule has 0 aromatic heterocycles. The Bertz CT molecular complexity index is 554. The summed E-state index contributed by atoms with van der Waals surface area (Å²) in [7, 11) is 0. The second-order valence-corrected chi connectivity index (χ2v) is 6.00. The van der Waals surface area contributed by atoms with Gasteiger partial charge >= 0.3 is 0 Å². The molecule has 0 aliphatic carbocycles. The largest absolute Gasteiger partial charge is 0.506 e. The molecule has 1 rings (SSSR count). The number of nitrogens with zero attached hydrogens (tertiary/aromatic N) is 1. The number of hydrogen-bond acceptors (Lipinski definition) is 4. The average Bonchev–Trinajstić information content (AvgIpc) is 2.33. The van der Waals surface area contributed by atoms with Gasteiger partial charge in [-0.05, 0) is 48.0 Å². The van der Waals surface area contributed by atoms with E-state index in [0.717, 1.165) is 10.2 Å². The van der Waals surface area contributed by atoms with Gasteiger partial charge in [0.05, 0.1) is 11.0 Å². The predicted octanol–water partition coefficient (Wildman–Crippen LogP) is 3.42. The summed E-state index contributed by atoms with van der Waals surface area (Å²) in [5, 5.41) is 12.9. The van der Waals surface area contributed by atoms with Crippen LogP contribution < -0.4 is 5.32 Å². The minimum Gasteiger partial charge on any atom is -0.506 e. The zero-order chi connectivity index (χ0) is 15.1. The lowest BCUT2D eigenvalue weighted by Gasteiger charge is -2.04. The number of phenolic OH excluding ortho intramolecular Hbond substituents is 1. The number of nitrogens with one attached hydrogen (secondary N) is 1. The van der Waals surface area contributed by atoms with Crippen molar-refractivity contribution >= 4 is 43.9 Å². The molecule has 0 fully saturated rings. The fourth-order valence-corrected chi connectivity index (χ4v) is 2.78. The third kappa shape index (κ3) is 5.88. The first-order valence-electron chi connectivity index (χ1n) is 6.00. The van der Waals surface area contributed by atoms with Gasteiger partial charge < -0.3 is 10.4 Å². The van der Waals surface area contributed by atoms with E-state index in [2.05, 4.69) is 42.2 Å². The zero-order valence-corrected chi connectivity index (χ0v) is 14.5. The monoisotopic (exact) mass is 402 g/mol. The number of aromatic hydroxyl groups is 1. The van der Waals surface area contributed by atoms with Crippen molar-refractivity contribution < 1.29 is 9.90 Å². The molecule has 0 radical (unpaired) electrons. The van der Waals surface area contributed by atoms with Crippen LogP contribution in [0.4, 0.5) is 0 Å². The number of benzene rings is 1. The molecule has 20 heavy (non-hydrogen) atoms. The summed E-state index contributed by atoms with van der Waals surface area (Å²) in [6.07, 6.45) is 3.16. The second-order valence-electron chi connectivity index (χ2n) is 4.23. The Balaban J connectivity index is 2.52. The van der Waals surface area contributed by atoms with Crippen molar-refractivity contribution in [1.29, 1.82) is 0 Å². The average molecular weight is 404 g/mol. The Hall–Kier alpha value is -1.14. The third-order valence-electron chi connectivity index (χ3n) is 2.35. The van der Waals surface area contributed by atoms with E-state index in [4.69, 9.17) is 0 Å². The predicted molar refractivity (Wildman–Crippen MR) is 88.4 cm³/mol. The van der Waals surface area contributed by atoms with Crippen molar-refractivity contribution in [3.05, 3.63) is 38.4 Å². The van der Waals surface area contributed by atoms with E-state index in [1.54, 1.807) is 24.4 Å². The fourth-order valence-electron chi connectivity index (χ4n) is 1.52. The molecule has 4 nitrogen and oxygen atoms in total. The smallest absolute Gasteiger partial charge is 0.154 e. The lowest BCUT2D eigenvalue weighted by atomic mass is 10.2. The van der Waals surface area contributed by atoms with Crippen LogP contribution in [0.1, 0.15) is 19.4 Å². The van der Waals surface area contributed by atoms with Gasteiger partial charge in [-0.25, -0.2) is 0 Å². The molecule has 0 spiro atoms. The molecular formula is C14H16Br2N2O2. The number of allylic oxidation sites excluding steroid dienone is 2. The van der Waals surface area contributed by atoms with E-state index in [9.17, 15) is 9.90 Å². The number of carbonyl (C=O) groups excluding carboxylic acids is 1. The van der Waals surface area contributed by atoms with Crippen LogP contribution in [0.2, 0.25) is 0 Å². The topological polar surface area (TPSA) is 61.7 Å². The second kappa shape index (κ2) is 8.21. The van der Waals surface area contributed by atoms with E-state index in [-0.39, 0.29) is 11.5 Å².